The number of benzene rings is 1. The fourth-order valence-corrected chi connectivity index (χ4v) is 2.07. The second-order valence-corrected chi connectivity index (χ2v) is 4.67. The maximum absolute atomic E-state index is 11.7. The zero-order valence-electron chi connectivity index (χ0n) is 10.9. The van der Waals surface area contributed by atoms with E-state index in [1.165, 1.54) is 21.1 Å². The molecular formula is C13H18N4O. The molecule has 2 rings (SSSR count). The fraction of sp³-hybridized carbons (Fsp3) is 0.385. The Morgan fingerprint density at radius 3 is 2.67 bits per heavy atom. The molecule has 0 fully saturated rings. The van der Waals surface area contributed by atoms with Crippen LogP contribution in [0.25, 0.3) is 0 Å². The van der Waals surface area contributed by atoms with Crippen molar-refractivity contribution >= 4 is 0 Å². The van der Waals surface area contributed by atoms with Crippen LogP contribution in [0, 0.1) is 13.8 Å². The van der Waals surface area contributed by atoms with Gasteiger partial charge in [0, 0.05) is 13.1 Å². The van der Waals surface area contributed by atoms with Crippen LogP contribution in [0.3, 0.4) is 0 Å². The predicted octanol–water partition coefficient (Wildman–Crippen LogP) is 0.899. The lowest BCUT2D eigenvalue weighted by atomic mass is 10.00. The highest BCUT2D eigenvalue weighted by Crippen LogP contribution is 2.17. The van der Waals surface area contributed by atoms with Crippen LogP contribution < -0.4 is 11.4 Å². The molecule has 5 heteroatoms. The van der Waals surface area contributed by atoms with Crippen LogP contribution in [0.5, 0.6) is 0 Å². The summed E-state index contributed by atoms with van der Waals surface area (Å²) in [6.07, 6.45) is 1.50. The van der Waals surface area contributed by atoms with Gasteiger partial charge < -0.3 is 5.73 Å². The van der Waals surface area contributed by atoms with Gasteiger partial charge >= 0.3 is 5.69 Å². The lowest BCUT2D eigenvalue weighted by molar-refractivity contribution is 0.507. The van der Waals surface area contributed by atoms with Gasteiger partial charge in [0.25, 0.3) is 0 Å². The van der Waals surface area contributed by atoms with Crippen molar-refractivity contribution in [3.63, 3.8) is 0 Å². The summed E-state index contributed by atoms with van der Waals surface area (Å²) in [5, 5.41) is 4.02. The molecule has 5 nitrogen and oxygen atoms in total. The summed E-state index contributed by atoms with van der Waals surface area (Å²) in [5.74, 6) is 0. The van der Waals surface area contributed by atoms with E-state index in [4.69, 9.17) is 5.73 Å². The Kier molecular flexibility index (Phi) is 3.34. The Labute approximate surface area is 106 Å². The van der Waals surface area contributed by atoms with Crippen molar-refractivity contribution in [3.8, 4) is 0 Å². The molecule has 96 valence electrons. The van der Waals surface area contributed by atoms with Gasteiger partial charge in [0.2, 0.25) is 0 Å². The number of aromatic nitrogens is 3. The van der Waals surface area contributed by atoms with E-state index in [-0.39, 0.29) is 11.7 Å². The van der Waals surface area contributed by atoms with E-state index in [9.17, 15) is 4.79 Å². The summed E-state index contributed by atoms with van der Waals surface area (Å²) in [5.41, 5.74) is 9.41. The lowest BCUT2D eigenvalue weighted by Crippen LogP contribution is -2.28. The van der Waals surface area contributed by atoms with Gasteiger partial charge in [0.1, 0.15) is 6.33 Å². The lowest BCUT2D eigenvalue weighted by Gasteiger charge is -2.14. The molecule has 1 heterocycles. The van der Waals surface area contributed by atoms with Crippen molar-refractivity contribution in [2.45, 2.75) is 26.4 Å². The highest BCUT2D eigenvalue weighted by atomic mass is 16.2. The fourth-order valence-electron chi connectivity index (χ4n) is 2.07. The Balaban J connectivity index is 2.24. The summed E-state index contributed by atoms with van der Waals surface area (Å²) in [6.45, 7) is 4.47. The van der Waals surface area contributed by atoms with E-state index >= 15 is 0 Å². The van der Waals surface area contributed by atoms with Gasteiger partial charge in [-0.15, -0.1) is 0 Å². The standard InChI is InChI=1S/C13H18N4O/c1-9-4-5-11(10(2)6-9)12(14)7-17-13(18)16(3)8-15-17/h4-6,8,12H,7,14H2,1-3H3. The minimum atomic E-state index is -0.224. The number of rotatable bonds is 3. The summed E-state index contributed by atoms with van der Waals surface area (Å²) >= 11 is 0. The number of nitrogens with zero attached hydrogens (tertiary/aromatic N) is 3. The van der Waals surface area contributed by atoms with E-state index < -0.39 is 0 Å². The highest BCUT2D eigenvalue weighted by Gasteiger charge is 2.12. The molecule has 2 aromatic rings. The topological polar surface area (TPSA) is 65.8 Å². The van der Waals surface area contributed by atoms with Gasteiger partial charge in [-0.2, -0.15) is 5.10 Å². The third kappa shape index (κ3) is 2.36. The number of hydrogen-bond donors (Lipinski definition) is 1. The number of nitrogens with two attached hydrogens (primary N) is 1. The van der Waals surface area contributed by atoms with E-state index in [2.05, 4.69) is 11.2 Å². The van der Waals surface area contributed by atoms with Crippen molar-refractivity contribution in [2.75, 3.05) is 0 Å². The first-order valence-electron chi connectivity index (χ1n) is 5.90. The molecule has 0 aliphatic heterocycles. The smallest absolute Gasteiger partial charge is 0.322 e. The minimum absolute atomic E-state index is 0.143. The van der Waals surface area contributed by atoms with Gasteiger partial charge in [-0.25, -0.2) is 9.48 Å². The van der Waals surface area contributed by atoms with Crippen molar-refractivity contribution in [2.24, 2.45) is 12.8 Å². The molecule has 1 aromatic heterocycles. The van der Waals surface area contributed by atoms with Crippen LogP contribution in [0.15, 0.2) is 29.3 Å². The van der Waals surface area contributed by atoms with Crippen molar-refractivity contribution in [1.82, 2.24) is 14.3 Å². The van der Waals surface area contributed by atoms with Gasteiger partial charge in [-0.3, -0.25) is 4.57 Å². The molecule has 0 bridgehead atoms. The Hall–Kier alpha value is -1.88. The summed E-state index contributed by atoms with van der Waals surface area (Å²) in [6, 6.07) is 5.92. The van der Waals surface area contributed by atoms with E-state index in [0.717, 1.165) is 11.1 Å². The number of aryl methyl sites for hydroxylation is 3. The molecular weight excluding hydrogens is 228 g/mol. The third-order valence-corrected chi connectivity index (χ3v) is 3.08. The quantitative estimate of drug-likeness (QED) is 0.875. The molecule has 0 saturated carbocycles. The zero-order chi connectivity index (χ0) is 13.3. The molecule has 0 amide bonds. The Morgan fingerprint density at radius 2 is 2.11 bits per heavy atom. The van der Waals surface area contributed by atoms with E-state index in [1.54, 1.807) is 7.05 Å². The maximum atomic E-state index is 11.7. The van der Waals surface area contributed by atoms with Gasteiger partial charge in [-0.05, 0) is 25.0 Å². The van der Waals surface area contributed by atoms with Gasteiger partial charge in [-0.1, -0.05) is 23.8 Å². The minimum Gasteiger partial charge on any atom is -0.322 e. The summed E-state index contributed by atoms with van der Waals surface area (Å²) < 4.78 is 2.83. The first-order valence-corrected chi connectivity index (χ1v) is 5.90. The second kappa shape index (κ2) is 4.78. The molecule has 0 aliphatic rings. The molecule has 18 heavy (non-hydrogen) atoms. The van der Waals surface area contributed by atoms with Crippen LogP contribution in [-0.4, -0.2) is 14.3 Å². The van der Waals surface area contributed by atoms with Crippen molar-refractivity contribution < 1.29 is 0 Å². The van der Waals surface area contributed by atoms with Crippen LogP contribution in [0.4, 0.5) is 0 Å². The third-order valence-electron chi connectivity index (χ3n) is 3.08. The predicted molar refractivity (Wildman–Crippen MR) is 70.3 cm³/mol. The van der Waals surface area contributed by atoms with E-state index in [1.807, 2.05) is 26.0 Å². The molecule has 1 atom stereocenters. The zero-order valence-corrected chi connectivity index (χ0v) is 10.9. The Morgan fingerprint density at radius 1 is 1.39 bits per heavy atom. The molecule has 0 aliphatic carbocycles. The molecule has 1 aromatic carbocycles. The monoisotopic (exact) mass is 246 g/mol. The first kappa shape index (κ1) is 12.6. The van der Waals surface area contributed by atoms with Crippen LogP contribution in [-0.2, 0) is 13.6 Å². The molecule has 1 unspecified atom stereocenters. The average molecular weight is 246 g/mol. The molecule has 0 radical (unpaired) electrons. The first-order chi connectivity index (χ1) is 8.49. The largest absolute Gasteiger partial charge is 0.345 e. The maximum Gasteiger partial charge on any atom is 0.345 e. The average Bonchev–Trinajstić information content (AvgIpc) is 2.61. The van der Waals surface area contributed by atoms with Crippen LogP contribution in [0.1, 0.15) is 22.7 Å². The summed E-state index contributed by atoms with van der Waals surface area (Å²) in [7, 11) is 1.68. The van der Waals surface area contributed by atoms with Gasteiger partial charge in [0.05, 0.1) is 6.54 Å². The summed E-state index contributed by atoms with van der Waals surface area (Å²) in [4.78, 5) is 11.7. The van der Waals surface area contributed by atoms with Crippen molar-refractivity contribution in [1.29, 1.82) is 0 Å². The van der Waals surface area contributed by atoms with Crippen LogP contribution in [0.2, 0.25) is 0 Å². The van der Waals surface area contributed by atoms with E-state index in [0.29, 0.717) is 6.54 Å². The van der Waals surface area contributed by atoms with Gasteiger partial charge in [0.15, 0.2) is 0 Å². The molecule has 0 saturated heterocycles. The normalized spacial score (nSPS) is 12.7. The highest BCUT2D eigenvalue weighted by molar-refractivity contribution is 5.32. The molecule has 2 N–H and O–H groups in total. The van der Waals surface area contributed by atoms with Crippen LogP contribution >= 0.6 is 0 Å². The molecule has 0 spiro atoms. The Bertz CT molecular complexity index is 612. The SMILES string of the molecule is Cc1ccc(C(N)Cn2ncn(C)c2=O)c(C)c1. The number of hydrogen-bond acceptors (Lipinski definition) is 3. The second-order valence-electron chi connectivity index (χ2n) is 4.67. The van der Waals surface area contributed by atoms with Crippen molar-refractivity contribution in [3.05, 3.63) is 51.7 Å².